The van der Waals surface area contributed by atoms with Gasteiger partial charge in [-0.1, -0.05) is 22.0 Å². The van der Waals surface area contributed by atoms with E-state index in [2.05, 4.69) is 27.3 Å². The highest BCUT2D eigenvalue weighted by Crippen LogP contribution is 2.34. The molecule has 0 fully saturated rings. The van der Waals surface area contributed by atoms with E-state index < -0.39 is 0 Å². The number of benzene rings is 2. The molecule has 3 rings (SSSR count). The molecule has 6 heteroatoms. The molecule has 0 unspecified atom stereocenters. The van der Waals surface area contributed by atoms with Crippen LogP contribution in [-0.2, 0) is 13.0 Å². The van der Waals surface area contributed by atoms with Crippen LogP contribution in [0.1, 0.15) is 11.1 Å². The van der Waals surface area contributed by atoms with E-state index in [9.17, 15) is 0 Å². The van der Waals surface area contributed by atoms with Crippen LogP contribution >= 0.6 is 15.9 Å². The average Bonchev–Trinajstić information content (AvgIpc) is 3.07. The summed E-state index contributed by atoms with van der Waals surface area (Å²) in [5, 5.41) is 3.45. The van der Waals surface area contributed by atoms with Crippen molar-refractivity contribution in [2.24, 2.45) is 0 Å². The molecule has 1 aliphatic rings. The van der Waals surface area contributed by atoms with Crippen molar-refractivity contribution in [2.75, 3.05) is 27.6 Å². The van der Waals surface area contributed by atoms with Gasteiger partial charge in [0, 0.05) is 11.0 Å². The van der Waals surface area contributed by atoms with Crippen LogP contribution in [0.15, 0.2) is 34.8 Å². The fourth-order valence-electron chi connectivity index (χ4n) is 2.58. The number of methoxy groups -OCH3 is 2. The third kappa shape index (κ3) is 3.76. The summed E-state index contributed by atoms with van der Waals surface area (Å²) in [6, 6.07) is 9.98. The molecule has 0 amide bonds. The molecule has 1 N–H and O–H groups in total. The zero-order valence-electron chi connectivity index (χ0n) is 13.7. The first-order valence-corrected chi connectivity index (χ1v) is 8.50. The third-order valence-corrected chi connectivity index (χ3v) is 4.63. The van der Waals surface area contributed by atoms with Crippen LogP contribution in [0.4, 0.5) is 0 Å². The molecule has 0 bridgehead atoms. The van der Waals surface area contributed by atoms with Crippen molar-refractivity contribution in [3.63, 3.8) is 0 Å². The summed E-state index contributed by atoms with van der Waals surface area (Å²) in [5.74, 6) is 3.10. The second-order valence-electron chi connectivity index (χ2n) is 5.41. The van der Waals surface area contributed by atoms with Crippen LogP contribution in [0, 0.1) is 0 Å². The minimum Gasteiger partial charge on any atom is -0.493 e. The van der Waals surface area contributed by atoms with Gasteiger partial charge in [0.05, 0.1) is 14.2 Å². The Bertz CT molecular complexity index is 720. The highest BCUT2D eigenvalue weighted by Gasteiger charge is 2.13. The molecule has 2 aromatic rings. The maximum Gasteiger partial charge on any atom is 0.231 e. The molecule has 0 atom stereocenters. The van der Waals surface area contributed by atoms with E-state index >= 15 is 0 Å². The first kappa shape index (κ1) is 16.9. The lowest BCUT2D eigenvalue weighted by atomic mass is 10.1. The SMILES string of the molecule is COc1cc(Br)c(CNCCc2ccc3c(c2)OCO3)cc1OC. The Kier molecular flexibility index (Phi) is 5.48. The van der Waals surface area contributed by atoms with Crippen molar-refractivity contribution in [1.29, 1.82) is 0 Å². The van der Waals surface area contributed by atoms with Gasteiger partial charge in [-0.15, -0.1) is 0 Å². The fraction of sp³-hybridized carbons (Fsp3) is 0.333. The van der Waals surface area contributed by atoms with Crippen LogP contribution in [0.2, 0.25) is 0 Å². The first-order chi connectivity index (χ1) is 11.7. The number of ether oxygens (including phenoxy) is 4. The molecule has 1 aliphatic heterocycles. The second kappa shape index (κ2) is 7.77. The standard InChI is InChI=1S/C18H20BrNO4/c1-21-16-8-13(14(19)9-17(16)22-2)10-20-6-5-12-3-4-15-18(7-12)24-11-23-15/h3-4,7-9,20H,5-6,10-11H2,1-2H3. The molecule has 2 aromatic carbocycles. The van der Waals surface area contributed by atoms with E-state index in [1.807, 2.05) is 24.3 Å². The Morgan fingerprint density at radius 1 is 1.04 bits per heavy atom. The van der Waals surface area contributed by atoms with Crippen LogP contribution in [-0.4, -0.2) is 27.6 Å². The predicted molar refractivity (Wildman–Crippen MR) is 95.2 cm³/mol. The van der Waals surface area contributed by atoms with Gasteiger partial charge in [0.1, 0.15) is 0 Å². The minimum absolute atomic E-state index is 0.310. The lowest BCUT2D eigenvalue weighted by molar-refractivity contribution is 0.174. The number of fused-ring (bicyclic) bond motifs is 1. The molecule has 0 aromatic heterocycles. The van der Waals surface area contributed by atoms with Gasteiger partial charge in [-0.25, -0.2) is 0 Å². The van der Waals surface area contributed by atoms with Crippen LogP contribution in [0.25, 0.3) is 0 Å². The van der Waals surface area contributed by atoms with E-state index in [1.165, 1.54) is 5.56 Å². The Labute approximate surface area is 150 Å². The first-order valence-electron chi connectivity index (χ1n) is 7.71. The normalized spacial score (nSPS) is 12.3. The van der Waals surface area contributed by atoms with Gasteiger partial charge in [-0.3, -0.25) is 0 Å². The number of nitrogens with one attached hydrogen (secondary N) is 1. The number of halogens is 1. The van der Waals surface area contributed by atoms with Crippen molar-refractivity contribution in [3.05, 3.63) is 45.9 Å². The summed E-state index contributed by atoms with van der Waals surface area (Å²) in [4.78, 5) is 0. The van der Waals surface area contributed by atoms with Gasteiger partial charge in [0.25, 0.3) is 0 Å². The van der Waals surface area contributed by atoms with E-state index in [0.29, 0.717) is 12.5 Å². The van der Waals surface area contributed by atoms with Gasteiger partial charge in [-0.2, -0.15) is 0 Å². The smallest absolute Gasteiger partial charge is 0.231 e. The second-order valence-corrected chi connectivity index (χ2v) is 6.27. The highest BCUT2D eigenvalue weighted by molar-refractivity contribution is 9.10. The Morgan fingerprint density at radius 3 is 2.58 bits per heavy atom. The van der Waals surface area contributed by atoms with E-state index in [-0.39, 0.29) is 0 Å². The molecule has 0 spiro atoms. The monoisotopic (exact) mass is 393 g/mol. The largest absolute Gasteiger partial charge is 0.493 e. The summed E-state index contributed by atoms with van der Waals surface area (Å²) in [5.41, 5.74) is 2.34. The van der Waals surface area contributed by atoms with Gasteiger partial charge in [0.15, 0.2) is 23.0 Å². The van der Waals surface area contributed by atoms with Crippen LogP contribution < -0.4 is 24.3 Å². The Balaban J connectivity index is 1.55. The van der Waals surface area contributed by atoms with E-state index in [1.54, 1.807) is 14.2 Å². The predicted octanol–water partition coefficient (Wildman–Crippen LogP) is 3.53. The topological polar surface area (TPSA) is 49.0 Å². The van der Waals surface area contributed by atoms with Crippen molar-refractivity contribution in [2.45, 2.75) is 13.0 Å². The summed E-state index contributed by atoms with van der Waals surface area (Å²) in [6.07, 6.45) is 0.918. The van der Waals surface area contributed by atoms with E-state index in [0.717, 1.165) is 46.8 Å². The number of hydrogen-bond acceptors (Lipinski definition) is 5. The lowest BCUT2D eigenvalue weighted by Gasteiger charge is -2.12. The minimum atomic E-state index is 0.310. The molecule has 0 radical (unpaired) electrons. The zero-order valence-corrected chi connectivity index (χ0v) is 15.3. The third-order valence-electron chi connectivity index (χ3n) is 3.90. The zero-order chi connectivity index (χ0) is 16.9. The van der Waals surface area contributed by atoms with Crippen LogP contribution in [0.3, 0.4) is 0 Å². The van der Waals surface area contributed by atoms with Crippen molar-refractivity contribution in [3.8, 4) is 23.0 Å². The maximum atomic E-state index is 5.40. The van der Waals surface area contributed by atoms with Crippen molar-refractivity contribution >= 4 is 15.9 Å². The lowest BCUT2D eigenvalue weighted by Crippen LogP contribution is -2.17. The van der Waals surface area contributed by atoms with Gasteiger partial charge in [0.2, 0.25) is 6.79 Å². The van der Waals surface area contributed by atoms with E-state index in [4.69, 9.17) is 18.9 Å². The number of hydrogen-bond donors (Lipinski definition) is 1. The van der Waals surface area contributed by atoms with Crippen molar-refractivity contribution < 1.29 is 18.9 Å². The summed E-state index contributed by atoms with van der Waals surface area (Å²) in [7, 11) is 3.27. The molecule has 128 valence electrons. The summed E-state index contributed by atoms with van der Waals surface area (Å²) < 4.78 is 22.4. The quantitative estimate of drug-likeness (QED) is 0.729. The van der Waals surface area contributed by atoms with Gasteiger partial charge < -0.3 is 24.3 Å². The molecular formula is C18H20BrNO4. The molecule has 0 saturated heterocycles. The molecule has 5 nitrogen and oxygen atoms in total. The van der Waals surface area contributed by atoms with Gasteiger partial charge >= 0.3 is 0 Å². The molecule has 24 heavy (non-hydrogen) atoms. The fourth-order valence-corrected chi connectivity index (χ4v) is 3.05. The summed E-state index contributed by atoms with van der Waals surface area (Å²) in [6.45, 7) is 1.91. The highest BCUT2D eigenvalue weighted by atomic mass is 79.9. The Morgan fingerprint density at radius 2 is 1.79 bits per heavy atom. The summed E-state index contributed by atoms with van der Waals surface area (Å²) >= 11 is 3.58. The maximum absolute atomic E-state index is 5.40. The van der Waals surface area contributed by atoms with Crippen LogP contribution in [0.5, 0.6) is 23.0 Å². The average molecular weight is 394 g/mol. The molecular weight excluding hydrogens is 374 g/mol. The van der Waals surface area contributed by atoms with Crippen molar-refractivity contribution in [1.82, 2.24) is 5.32 Å². The van der Waals surface area contributed by atoms with Gasteiger partial charge in [-0.05, 0) is 48.4 Å². The number of rotatable bonds is 7. The Hall–Kier alpha value is -1.92. The molecule has 1 heterocycles. The molecule has 0 aliphatic carbocycles. The molecule has 0 saturated carbocycles.